The molecule has 1 nitrogen and oxygen atoms in total. The third-order valence-electron chi connectivity index (χ3n) is 2.56. The Kier molecular flexibility index (Phi) is 2.09. The fraction of sp³-hybridized carbons (Fsp3) is 0.333. The Bertz CT molecular complexity index is 339. The van der Waals surface area contributed by atoms with Crippen molar-refractivity contribution in [3.05, 3.63) is 41.5 Å². The lowest BCUT2D eigenvalue weighted by Crippen LogP contribution is -2.18. The number of allylic oxidation sites excluding steroid dienone is 1. The van der Waals surface area contributed by atoms with Gasteiger partial charge in [-0.25, -0.2) is 0 Å². The normalized spacial score (nSPS) is 16.2. The second-order valence-electron chi connectivity index (χ2n) is 3.74. The highest BCUT2D eigenvalue weighted by atomic mass is 15.1. The van der Waals surface area contributed by atoms with E-state index in [0.717, 1.165) is 13.0 Å². The molecule has 1 aromatic rings. The summed E-state index contributed by atoms with van der Waals surface area (Å²) in [5.74, 6) is 0. The number of benzene rings is 1. The van der Waals surface area contributed by atoms with Crippen LogP contribution in [0.15, 0.2) is 35.9 Å². The Balaban J connectivity index is 2.43. The van der Waals surface area contributed by atoms with Crippen LogP contribution in [-0.2, 0) is 6.42 Å². The summed E-state index contributed by atoms with van der Waals surface area (Å²) in [6.07, 6.45) is 3.40. The molecule has 0 bridgehead atoms. The highest BCUT2D eigenvalue weighted by Gasteiger charge is 2.09. The maximum Gasteiger partial charge on any atom is 0.0402 e. The van der Waals surface area contributed by atoms with Crippen molar-refractivity contribution in [3.63, 3.8) is 0 Å². The minimum absolute atomic E-state index is 1.05. The van der Waals surface area contributed by atoms with Gasteiger partial charge in [-0.05, 0) is 25.0 Å². The van der Waals surface area contributed by atoms with E-state index in [-0.39, 0.29) is 0 Å². The molecule has 1 aliphatic heterocycles. The molecule has 0 atom stereocenters. The molecule has 1 aromatic carbocycles. The zero-order valence-corrected chi connectivity index (χ0v) is 8.25. The summed E-state index contributed by atoms with van der Waals surface area (Å²) >= 11 is 0. The van der Waals surface area contributed by atoms with E-state index in [9.17, 15) is 0 Å². The van der Waals surface area contributed by atoms with Crippen LogP contribution in [0.3, 0.4) is 0 Å². The van der Waals surface area contributed by atoms with Crippen molar-refractivity contribution >= 4 is 5.69 Å². The molecule has 13 heavy (non-hydrogen) atoms. The quantitative estimate of drug-likeness (QED) is 0.545. The van der Waals surface area contributed by atoms with E-state index in [1.807, 2.05) is 0 Å². The molecule has 0 N–H and O–H groups in total. The summed E-state index contributed by atoms with van der Waals surface area (Å²) in [7, 11) is 2.15. The molecule has 0 radical (unpaired) electrons. The van der Waals surface area contributed by atoms with Gasteiger partial charge in [0.1, 0.15) is 0 Å². The average Bonchev–Trinajstić information content (AvgIpc) is 2.27. The molecule has 0 aromatic heterocycles. The van der Waals surface area contributed by atoms with Crippen molar-refractivity contribution in [2.45, 2.75) is 13.3 Å². The third kappa shape index (κ3) is 1.59. The van der Waals surface area contributed by atoms with Crippen LogP contribution in [0.4, 0.5) is 5.69 Å². The van der Waals surface area contributed by atoms with Crippen molar-refractivity contribution in [1.29, 1.82) is 0 Å². The molecular formula is C12H15N. The van der Waals surface area contributed by atoms with E-state index in [1.54, 1.807) is 0 Å². The van der Waals surface area contributed by atoms with Crippen molar-refractivity contribution in [2.75, 3.05) is 18.5 Å². The molecule has 0 saturated carbocycles. The summed E-state index contributed by atoms with van der Waals surface area (Å²) in [4.78, 5) is 2.31. The summed E-state index contributed by atoms with van der Waals surface area (Å²) in [5, 5.41) is 0. The molecule has 0 saturated heterocycles. The predicted octanol–water partition coefficient (Wildman–Crippen LogP) is 2.63. The smallest absolute Gasteiger partial charge is 0.0402 e. The SMILES string of the molecule is CC1=CCc2ccccc2N(C)C1. The fourth-order valence-corrected chi connectivity index (χ4v) is 1.86. The number of likely N-dealkylation sites (N-methyl/N-ethyl adjacent to an activating group) is 1. The van der Waals surface area contributed by atoms with E-state index in [2.05, 4.69) is 49.2 Å². The first-order valence-corrected chi connectivity index (χ1v) is 4.72. The van der Waals surface area contributed by atoms with Crippen molar-refractivity contribution < 1.29 is 0 Å². The molecule has 1 heteroatoms. The first-order chi connectivity index (χ1) is 6.27. The largest absolute Gasteiger partial charge is 0.370 e. The number of nitrogens with zero attached hydrogens (tertiary/aromatic N) is 1. The van der Waals surface area contributed by atoms with Gasteiger partial charge in [-0.2, -0.15) is 0 Å². The molecule has 68 valence electrons. The molecule has 2 rings (SSSR count). The van der Waals surface area contributed by atoms with Crippen LogP contribution in [0, 0.1) is 0 Å². The number of fused-ring (bicyclic) bond motifs is 1. The highest BCUT2D eigenvalue weighted by Crippen LogP contribution is 2.23. The standard InChI is InChI=1S/C12H15N/c1-10-7-8-11-5-3-4-6-12(11)13(2)9-10/h3-7H,8-9H2,1-2H3. The van der Waals surface area contributed by atoms with Crippen molar-refractivity contribution in [3.8, 4) is 0 Å². The Morgan fingerprint density at radius 1 is 1.23 bits per heavy atom. The van der Waals surface area contributed by atoms with Gasteiger partial charge in [0, 0.05) is 19.3 Å². The first kappa shape index (κ1) is 8.36. The molecule has 0 amide bonds. The molecule has 0 spiro atoms. The summed E-state index contributed by atoms with van der Waals surface area (Å²) in [5.41, 5.74) is 4.26. The van der Waals surface area contributed by atoms with Gasteiger partial charge in [0.2, 0.25) is 0 Å². The van der Waals surface area contributed by atoms with Gasteiger partial charge in [0.15, 0.2) is 0 Å². The lowest BCUT2D eigenvalue weighted by molar-refractivity contribution is 0.987. The number of hydrogen-bond donors (Lipinski definition) is 0. The summed E-state index contributed by atoms with van der Waals surface area (Å²) in [6.45, 7) is 3.25. The minimum atomic E-state index is 1.05. The van der Waals surface area contributed by atoms with Gasteiger partial charge < -0.3 is 4.90 Å². The van der Waals surface area contributed by atoms with Crippen LogP contribution >= 0.6 is 0 Å². The van der Waals surface area contributed by atoms with Gasteiger partial charge >= 0.3 is 0 Å². The highest BCUT2D eigenvalue weighted by molar-refractivity contribution is 5.56. The average molecular weight is 173 g/mol. The lowest BCUT2D eigenvalue weighted by Gasteiger charge is -2.19. The molecule has 0 aliphatic carbocycles. The molecule has 0 unspecified atom stereocenters. The lowest BCUT2D eigenvalue weighted by atomic mass is 10.1. The van der Waals surface area contributed by atoms with Gasteiger partial charge in [0.05, 0.1) is 0 Å². The summed E-state index contributed by atoms with van der Waals surface area (Å²) < 4.78 is 0. The number of rotatable bonds is 0. The van der Waals surface area contributed by atoms with Gasteiger partial charge in [-0.1, -0.05) is 29.8 Å². The van der Waals surface area contributed by atoms with Crippen molar-refractivity contribution in [1.82, 2.24) is 0 Å². The van der Waals surface area contributed by atoms with E-state index in [4.69, 9.17) is 0 Å². The fourth-order valence-electron chi connectivity index (χ4n) is 1.86. The van der Waals surface area contributed by atoms with E-state index < -0.39 is 0 Å². The molecular weight excluding hydrogens is 158 g/mol. The van der Waals surface area contributed by atoms with Crippen LogP contribution < -0.4 is 4.90 Å². The van der Waals surface area contributed by atoms with Crippen LogP contribution in [0.25, 0.3) is 0 Å². The van der Waals surface area contributed by atoms with E-state index >= 15 is 0 Å². The van der Waals surface area contributed by atoms with Crippen molar-refractivity contribution in [2.24, 2.45) is 0 Å². The summed E-state index contributed by atoms with van der Waals surface area (Å²) in [6, 6.07) is 8.62. The first-order valence-electron chi connectivity index (χ1n) is 4.72. The van der Waals surface area contributed by atoms with Gasteiger partial charge in [-0.15, -0.1) is 0 Å². The van der Waals surface area contributed by atoms with Gasteiger partial charge in [0.25, 0.3) is 0 Å². The Labute approximate surface area is 79.7 Å². The van der Waals surface area contributed by atoms with E-state index in [0.29, 0.717) is 0 Å². The molecule has 1 aliphatic rings. The monoisotopic (exact) mass is 173 g/mol. The third-order valence-corrected chi connectivity index (χ3v) is 2.56. The Morgan fingerprint density at radius 3 is 2.85 bits per heavy atom. The molecule has 1 heterocycles. The number of para-hydroxylation sites is 1. The number of hydrogen-bond acceptors (Lipinski definition) is 1. The second kappa shape index (κ2) is 3.25. The topological polar surface area (TPSA) is 3.24 Å². The minimum Gasteiger partial charge on any atom is -0.370 e. The number of anilines is 1. The predicted molar refractivity (Wildman–Crippen MR) is 57.2 cm³/mol. The van der Waals surface area contributed by atoms with E-state index in [1.165, 1.54) is 16.8 Å². The molecule has 0 fully saturated rings. The van der Waals surface area contributed by atoms with Gasteiger partial charge in [-0.3, -0.25) is 0 Å². The Hall–Kier alpha value is -1.24. The second-order valence-corrected chi connectivity index (χ2v) is 3.74. The van der Waals surface area contributed by atoms with Crippen LogP contribution in [0.5, 0.6) is 0 Å². The zero-order valence-electron chi connectivity index (χ0n) is 8.25. The van der Waals surface area contributed by atoms with Crippen LogP contribution in [0.2, 0.25) is 0 Å². The maximum absolute atomic E-state index is 2.32. The maximum atomic E-state index is 2.32. The zero-order chi connectivity index (χ0) is 9.26. The van der Waals surface area contributed by atoms with Crippen LogP contribution in [-0.4, -0.2) is 13.6 Å². The Morgan fingerprint density at radius 2 is 2.00 bits per heavy atom. The van der Waals surface area contributed by atoms with Crippen LogP contribution in [0.1, 0.15) is 12.5 Å².